The van der Waals surface area contributed by atoms with E-state index in [0.29, 0.717) is 5.92 Å². The van der Waals surface area contributed by atoms with E-state index in [-0.39, 0.29) is 5.97 Å². The molecule has 2 nitrogen and oxygen atoms in total. The van der Waals surface area contributed by atoms with E-state index < -0.39 is 0 Å². The van der Waals surface area contributed by atoms with Crippen LogP contribution < -0.4 is 0 Å². The molecule has 0 heterocycles. The topological polar surface area (TPSA) is 26.3 Å². The number of carbonyl (C=O) groups is 1. The Balaban J connectivity index is 2.16. The molecule has 0 aromatic heterocycles. The minimum Gasteiger partial charge on any atom is -0.466 e. The van der Waals surface area contributed by atoms with Gasteiger partial charge in [0.05, 0.1) is 7.11 Å². The highest BCUT2D eigenvalue weighted by Crippen LogP contribution is 2.22. The van der Waals surface area contributed by atoms with E-state index in [0.717, 1.165) is 12.0 Å². The average molecular weight is 294 g/mol. The van der Waals surface area contributed by atoms with Crippen LogP contribution in [0.5, 0.6) is 0 Å². The minimum absolute atomic E-state index is 0.287. The number of ether oxygens (including phenoxy) is 1. The molecule has 2 aromatic rings. The van der Waals surface area contributed by atoms with Crippen molar-refractivity contribution in [2.24, 2.45) is 5.92 Å². The summed E-state index contributed by atoms with van der Waals surface area (Å²) >= 11 is 0. The SMILES string of the molecule is COC(=O)/C=C(/Cc1ccc(-c2ccccc2)cc1)C(C)C. The quantitative estimate of drug-likeness (QED) is 0.592. The van der Waals surface area contributed by atoms with Crippen LogP contribution >= 0.6 is 0 Å². The van der Waals surface area contributed by atoms with Crippen LogP contribution in [0.3, 0.4) is 0 Å². The highest BCUT2D eigenvalue weighted by molar-refractivity contribution is 5.82. The fourth-order valence-corrected chi connectivity index (χ4v) is 2.31. The third-order valence-corrected chi connectivity index (χ3v) is 3.72. The molecule has 0 spiro atoms. The van der Waals surface area contributed by atoms with E-state index >= 15 is 0 Å². The van der Waals surface area contributed by atoms with Crippen molar-refractivity contribution in [2.75, 3.05) is 7.11 Å². The van der Waals surface area contributed by atoms with Crippen molar-refractivity contribution in [3.8, 4) is 11.1 Å². The van der Waals surface area contributed by atoms with Gasteiger partial charge in [-0.05, 0) is 29.0 Å². The minimum atomic E-state index is -0.287. The Morgan fingerprint density at radius 1 is 1.00 bits per heavy atom. The number of allylic oxidation sites excluding steroid dienone is 1. The summed E-state index contributed by atoms with van der Waals surface area (Å²) in [5, 5.41) is 0. The zero-order valence-electron chi connectivity index (χ0n) is 13.4. The molecule has 0 bridgehead atoms. The van der Waals surface area contributed by atoms with E-state index in [4.69, 9.17) is 4.74 Å². The van der Waals surface area contributed by atoms with Gasteiger partial charge in [0, 0.05) is 6.08 Å². The zero-order chi connectivity index (χ0) is 15.9. The molecule has 0 aliphatic heterocycles. The predicted octanol–water partition coefficient (Wildman–Crippen LogP) is 4.65. The van der Waals surface area contributed by atoms with E-state index in [9.17, 15) is 4.79 Å². The Kier molecular flexibility index (Phi) is 5.54. The van der Waals surface area contributed by atoms with Crippen LogP contribution in [-0.4, -0.2) is 13.1 Å². The van der Waals surface area contributed by atoms with Gasteiger partial charge >= 0.3 is 5.97 Å². The Morgan fingerprint density at radius 2 is 1.59 bits per heavy atom. The molecule has 0 fully saturated rings. The maximum absolute atomic E-state index is 11.5. The maximum Gasteiger partial charge on any atom is 0.330 e. The number of esters is 1. The van der Waals surface area contributed by atoms with Crippen molar-refractivity contribution < 1.29 is 9.53 Å². The number of hydrogen-bond donors (Lipinski definition) is 0. The molecule has 2 aromatic carbocycles. The van der Waals surface area contributed by atoms with Gasteiger partial charge in [0.2, 0.25) is 0 Å². The Morgan fingerprint density at radius 3 is 2.14 bits per heavy atom. The van der Waals surface area contributed by atoms with Crippen LogP contribution in [0.15, 0.2) is 66.2 Å². The molecule has 0 radical (unpaired) electrons. The van der Waals surface area contributed by atoms with Crippen molar-refractivity contribution in [1.29, 1.82) is 0 Å². The van der Waals surface area contributed by atoms with Crippen molar-refractivity contribution >= 4 is 5.97 Å². The normalized spacial score (nSPS) is 11.5. The lowest BCUT2D eigenvalue weighted by atomic mass is 9.94. The highest BCUT2D eigenvalue weighted by Gasteiger charge is 2.08. The summed E-state index contributed by atoms with van der Waals surface area (Å²) in [4.78, 5) is 11.5. The van der Waals surface area contributed by atoms with Gasteiger partial charge in [-0.1, -0.05) is 74.0 Å². The monoisotopic (exact) mass is 294 g/mol. The molecule has 0 saturated carbocycles. The molecule has 0 atom stereocenters. The first-order chi connectivity index (χ1) is 10.6. The number of hydrogen-bond acceptors (Lipinski definition) is 2. The molecule has 114 valence electrons. The second-order valence-electron chi connectivity index (χ2n) is 5.64. The highest BCUT2D eigenvalue weighted by atomic mass is 16.5. The molecule has 0 unspecified atom stereocenters. The largest absolute Gasteiger partial charge is 0.466 e. The van der Waals surface area contributed by atoms with Crippen molar-refractivity contribution in [1.82, 2.24) is 0 Å². The van der Waals surface area contributed by atoms with Crippen LogP contribution in [0.1, 0.15) is 19.4 Å². The lowest BCUT2D eigenvalue weighted by molar-refractivity contribution is -0.134. The number of methoxy groups -OCH3 is 1. The number of benzene rings is 2. The molecule has 0 amide bonds. The molecule has 22 heavy (non-hydrogen) atoms. The van der Waals surface area contributed by atoms with Gasteiger partial charge in [-0.15, -0.1) is 0 Å². The summed E-state index contributed by atoms with van der Waals surface area (Å²) in [6, 6.07) is 18.8. The summed E-state index contributed by atoms with van der Waals surface area (Å²) < 4.78 is 4.73. The molecular weight excluding hydrogens is 272 g/mol. The van der Waals surface area contributed by atoms with E-state index in [1.54, 1.807) is 6.08 Å². The predicted molar refractivity (Wildman–Crippen MR) is 90.5 cm³/mol. The first-order valence-corrected chi connectivity index (χ1v) is 7.53. The van der Waals surface area contributed by atoms with E-state index in [1.165, 1.54) is 23.8 Å². The number of carbonyl (C=O) groups excluding carboxylic acids is 1. The summed E-state index contributed by atoms with van der Waals surface area (Å²) in [5.74, 6) is 0.0255. The van der Waals surface area contributed by atoms with Gasteiger partial charge in [0.25, 0.3) is 0 Å². The molecule has 2 heteroatoms. The number of rotatable bonds is 5. The lowest BCUT2D eigenvalue weighted by Crippen LogP contribution is -2.04. The van der Waals surface area contributed by atoms with Crippen LogP contribution in [-0.2, 0) is 16.0 Å². The standard InChI is InChI=1S/C20H22O2/c1-15(2)19(14-20(21)22-3)13-16-9-11-18(12-10-16)17-7-5-4-6-8-17/h4-12,14-15H,13H2,1-3H3/b19-14-. The molecule has 0 aliphatic rings. The third-order valence-electron chi connectivity index (χ3n) is 3.72. The summed E-state index contributed by atoms with van der Waals surface area (Å²) in [5.41, 5.74) is 4.69. The van der Waals surface area contributed by atoms with Crippen LogP contribution in [0.4, 0.5) is 0 Å². The van der Waals surface area contributed by atoms with Gasteiger partial charge in [0.1, 0.15) is 0 Å². The second kappa shape index (κ2) is 7.60. The van der Waals surface area contributed by atoms with Crippen molar-refractivity contribution in [2.45, 2.75) is 20.3 Å². The van der Waals surface area contributed by atoms with Crippen molar-refractivity contribution in [3.63, 3.8) is 0 Å². The Hall–Kier alpha value is -2.35. The maximum atomic E-state index is 11.5. The molecular formula is C20H22O2. The Labute approximate surface area is 132 Å². The Bertz CT molecular complexity index is 637. The molecule has 0 saturated heterocycles. The summed E-state index contributed by atoms with van der Waals surface area (Å²) in [6.45, 7) is 4.18. The fraction of sp³-hybridized carbons (Fsp3) is 0.250. The average Bonchev–Trinajstić information content (AvgIpc) is 2.55. The summed E-state index contributed by atoms with van der Waals surface area (Å²) in [7, 11) is 1.41. The first-order valence-electron chi connectivity index (χ1n) is 7.53. The zero-order valence-corrected chi connectivity index (χ0v) is 13.4. The van der Waals surface area contributed by atoms with Crippen LogP contribution in [0.2, 0.25) is 0 Å². The first kappa shape index (κ1) is 16.0. The van der Waals surface area contributed by atoms with E-state index in [2.05, 4.69) is 50.2 Å². The summed E-state index contributed by atoms with van der Waals surface area (Å²) in [6.07, 6.45) is 2.37. The third kappa shape index (κ3) is 4.32. The fourth-order valence-electron chi connectivity index (χ4n) is 2.31. The van der Waals surface area contributed by atoms with Gasteiger partial charge in [-0.25, -0.2) is 4.79 Å². The van der Waals surface area contributed by atoms with Gasteiger partial charge in [-0.3, -0.25) is 0 Å². The molecule has 2 rings (SSSR count). The van der Waals surface area contributed by atoms with Crippen molar-refractivity contribution in [3.05, 3.63) is 71.8 Å². The smallest absolute Gasteiger partial charge is 0.330 e. The van der Waals surface area contributed by atoms with E-state index in [1.807, 2.05) is 18.2 Å². The van der Waals surface area contributed by atoms with Crippen LogP contribution in [0, 0.1) is 5.92 Å². The van der Waals surface area contributed by atoms with Crippen LogP contribution in [0.25, 0.3) is 11.1 Å². The molecule has 0 aliphatic carbocycles. The molecule has 0 N–H and O–H groups in total. The second-order valence-corrected chi connectivity index (χ2v) is 5.64. The van der Waals surface area contributed by atoms with Gasteiger partial charge in [0.15, 0.2) is 0 Å². The lowest BCUT2D eigenvalue weighted by Gasteiger charge is -2.12. The van der Waals surface area contributed by atoms with Gasteiger partial charge in [-0.2, -0.15) is 0 Å². The van der Waals surface area contributed by atoms with Gasteiger partial charge < -0.3 is 4.74 Å².